The van der Waals surface area contributed by atoms with Gasteiger partial charge in [-0.05, 0) is 5.92 Å². The smallest absolute Gasteiger partial charge is 0.326 e. The first-order chi connectivity index (χ1) is 9.20. The molecule has 0 aliphatic rings. The highest BCUT2D eigenvalue weighted by Gasteiger charge is 2.31. The van der Waals surface area contributed by atoms with E-state index in [1.165, 1.54) is 6.92 Å². The molecule has 0 aliphatic carbocycles. The van der Waals surface area contributed by atoms with Gasteiger partial charge in [0, 0.05) is 19.3 Å². The third kappa shape index (κ3) is 5.69. The second-order valence-electron chi connectivity index (χ2n) is 5.09. The third-order valence-electron chi connectivity index (χ3n) is 2.85. The van der Waals surface area contributed by atoms with E-state index in [0.29, 0.717) is 0 Å². The fourth-order valence-electron chi connectivity index (χ4n) is 1.71. The minimum Gasteiger partial charge on any atom is -0.480 e. The molecule has 0 aromatic heterocycles. The molecule has 3 N–H and O–H groups in total. The molecule has 0 aliphatic heterocycles. The van der Waals surface area contributed by atoms with Gasteiger partial charge in [0.2, 0.25) is 11.8 Å². The Labute approximate surface area is 118 Å². The second-order valence-corrected chi connectivity index (χ2v) is 5.09. The van der Waals surface area contributed by atoms with Gasteiger partial charge >= 0.3 is 5.97 Å². The van der Waals surface area contributed by atoms with Gasteiger partial charge in [0.1, 0.15) is 12.1 Å². The maximum absolute atomic E-state index is 12.1. The van der Waals surface area contributed by atoms with Crippen molar-refractivity contribution >= 4 is 17.8 Å². The third-order valence-corrected chi connectivity index (χ3v) is 2.85. The number of rotatable bonds is 7. The largest absolute Gasteiger partial charge is 0.480 e. The molecule has 0 rings (SSSR count). The highest BCUT2D eigenvalue weighted by atomic mass is 16.4. The van der Waals surface area contributed by atoms with E-state index < -0.39 is 29.9 Å². The molecule has 0 unspecified atom stereocenters. The highest BCUT2D eigenvalue weighted by Crippen LogP contribution is 2.10. The first-order valence-corrected chi connectivity index (χ1v) is 6.37. The van der Waals surface area contributed by atoms with Gasteiger partial charge in [-0.1, -0.05) is 20.8 Å². The molecule has 0 fully saturated rings. The van der Waals surface area contributed by atoms with Gasteiger partial charge in [-0.3, -0.25) is 9.59 Å². The molecule has 0 aromatic rings. The molecule has 7 nitrogen and oxygen atoms in total. The molecule has 0 saturated heterocycles. The number of nitriles is 1. The van der Waals surface area contributed by atoms with E-state index in [4.69, 9.17) is 10.4 Å². The summed E-state index contributed by atoms with van der Waals surface area (Å²) in [6.45, 7) is 6.35. The number of nitrogens with zero attached hydrogens (tertiary/aromatic N) is 1. The molecule has 112 valence electrons. The molecule has 0 spiro atoms. The van der Waals surface area contributed by atoms with Crippen LogP contribution in [0.1, 0.15) is 34.1 Å². The van der Waals surface area contributed by atoms with Crippen LogP contribution in [0.3, 0.4) is 0 Å². The van der Waals surface area contributed by atoms with Crippen molar-refractivity contribution in [2.24, 2.45) is 11.8 Å². The zero-order chi connectivity index (χ0) is 15.9. The number of carbonyl (C=O) groups is 3. The van der Waals surface area contributed by atoms with E-state index in [9.17, 15) is 14.4 Å². The fraction of sp³-hybridized carbons (Fsp3) is 0.692. The summed E-state index contributed by atoms with van der Waals surface area (Å²) in [7, 11) is 0. The highest BCUT2D eigenvalue weighted by molar-refractivity contribution is 5.90. The number of carboxylic acids is 1. The van der Waals surface area contributed by atoms with Crippen molar-refractivity contribution in [3.05, 3.63) is 0 Å². The monoisotopic (exact) mass is 283 g/mol. The predicted molar refractivity (Wildman–Crippen MR) is 71.4 cm³/mol. The molecule has 3 atom stereocenters. The van der Waals surface area contributed by atoms with E-state index in [2.05, 4.69) is 10.6 Å². The quantitative estimate of drug-likeness (QED) is 0.619. The van der Waals surface area contributed by atoms with Gasteiger partial charge in [0.15, 0.2) is 0 Å². The van der Waals surface area contributed by atoms with Gasteiger partial charge in [0.05, 0.1) is 6.07 Å². The molecule has 20 heavy (non-hydrogen) atoms. The summed E-state index contributed by atoms with van der Waals surface area (Å²) < 4.78 is 0. The first-order valence-electron chi connectivity index (χ1n) is 6.37. The summed E-state index contributed by atoms with van der Waals surface area (Å²) in [6.07, 6.45) is 0.0176. The van der Waals surface area contributed by atoms with Crippen LogP contribution < -0.4 is 10.6 Å². The SMILES string of the molecule is CC(=O)N[C@@H](C(=O)N[C@H](C(=O)O)[C@@H](C)CC#N)C(C)C. The number of hydrogen-bond acceptors (Lipinski definition) is 4. The Morgan fingerprint density at radius 3 is 2.05 bits per heavy atom. The molecule has 7 heteroatoms. The van der Waals surface area contributed by atoms with Crippen LogP contribution in [0.25, 0.3) is 0 Å². The van der Waals surface area contributed by atoms with Gasteiger partial charge in [0.25, 0.3) is 0 Å². The van der Waals surface area contributed by atoms with Crippen molar-refractivity contribution < 1.29 is 19.5 Å². The Morgan fingerprint density at radius 2 is 1.70 bits per heavy atom. The number of aliphatic carboxylic acids is 1. The van der Waals surface area contributed by atoms with Crippen LogP contribution in [-0.2, 0) is 14.4 Å². The van der Waals surface area contributed by atoms with Crippen molar-refractivity contribution in [1.29, 1.82) is 5.26 Å². The standard InChI is InChI=1S/C13H21N3O4/c1-7(2)10(15-9(4)17)12(18)16-11(13(19)20)8(3)5-6-14/h7-8,10-11H,5H2,1-4H3,(H,15,17)(H,16,18)(H,19,20)/t8-,10+,11-/m0/s1. The summed E-state index contributed by atoms with van der Waals surface area (Å²) in [6, 6.07) is -0.0817. The molecule has 2 amide bonds. The number of nitrogens with one attached hydrogen (secondary N) is 2. The van der Waals surface area contributed by atoms with Crippen LogP contribution in [0, 0.1) is 23.2 Å². The van der Waals surface area contributed by atoms with Crippen molar-refractivity contribution in [1.82, 2.24) is 10.6 Å². The molecular formula is C13H21N3O4. The van der Waals surface area contributed by atoms with E-state index >= 15 is 0 Å². The van der Waals surface area contributed by atoms with Gasteiger partial charge in [-0.25, -0.2) is 4.79 Å². The van der Waals surface area contributed by atoms with Gasteiger partial charge in [-0.15, -0.1) is 0 Å². The Bertz CT molecular complexity index is 414. The fourth-order valence-corrected chi connectivity index (χ4v) is 1.71. The van der Waals surface area contributed by atoms with Crippen LogP contribution in [0.2, 0.25) is 0 Å². The maximum Gasteiger partial charge on any atom is 0.326 e. The lowest BCUT2D eigenvalue weighted by molar-refractivity contribution is -0.143. The van der Waals surface area contributed by atoms with E-state index in [0.717, 1.165) is 0 Å². The lowest BCUT2D eigenvalue weighted by Crippen LogP contribution is -2.54. The van der Waals surface area contributed by atoms with Crippen LogP contribution >= 0.6 is 0 Å². The summed E-state index contributed by atoms with van der Waals surface area (Å²) in [4.78, 5) is 34.3. The first kappa shape index (κ1) is 17.9. The number of carbonyl (C=O) groups excluding carboxylic acids is 2. The van der Waals surface area contributed by atoms with Crippen molar-refractivity contribution in [3.63, 3.8) is 0 Å². The summed E-state index contributed by atoms with van der Waals surface area (Å²) >= 11 is 0. The van der Waals surface area contributed by atoms with Crippen LogP contribution in [0.5, 0.6) is 0 Å². The van der Waals surface area contributed by atoms with Crippen LogP contribution in [-0.4, -0.2) is 35.0 Å². The van der Waals surface area contributed by atoms with Crippen molar-refractivity contribution in [2.75, 3.05) is 0 Å². The number of carboxylic acid groups (broad SMARTS) is 1. The maximum atomic E-state index is 12.1. The van der Waals surface area contributed by atoms with Crippen LogP contribution in [0.15, 0.2) is 0 Å². The molecule has 0 aromatic carbocycles. The average molecular weight is 283 g/mol. The Balaban J connectivity index is 4.93. The predicted octanol–water partition coefficient (Wildman–Crippen LogP) is 0.266. The zero-order valence-corrected chi connectivity index (χ0v) is 12.1. The zero-order valence-electron chi connectivity index (χ0n) is 12.1. The van der Waals surface area contributed by atoms with Gasteiger partial charge < -0.3 is 15.7 Å². The van der Waals surface area contributed by atoms with Gasteiger partial charge in [-0.2, -0.15) is 5.26 Å². The number of amides is 2. The molecule has 0 bridgehead atoms. The summed E-state index contributed by atoms with van der Waals surface area (Å²) in [5.74, 6) is -2.83. The van der Waals surface area contributed by atoms with E-state index in [-0.39, 0.29) is 18.2 Å². The van der Waals surface area contributed by atoms with Crippen molar-refractivity contribution in [2.45, 2.75) is 46.2 Å². The summed E-state index contributed by atoms with van der Waals surface area (Å²) in [5, 5.41) is 22.6. The Morgan fingerprint density at radius 1 is 1.15 bits per heavy atom. The number of hydrogen-bond donors (Lipinski definition) is 3. The van der Waals surface area contributed by atoms with Crippen LogP contribution in [0.4, 0.5) is 0 Å². The second kappa shape index (κ2) is 8.15. The average Bonchev–Trinajstić information content (AvgIpc) is 2.31. The Hall–Kier alpha value is -2.10. The van der Waals surface area contributed by atoms with Crippen molar-refractivity contribution in [3.8, 4) is 6.07 Å². The minimum atomic E-state index is -1.20. The molecule has 0 radical (unpaired) electrons. The summed E-state index contributed by atoms with van der Waals surface area (Å²) in [5.41, 5.74) is 0. The normalized spacial score (nSPS) is 14.8. The minimum absolute atomic E-state index is 0.0176. The molecule has 0 saturated carbocycles. The van der Waals surface area contributed by atoms with E-state index in [1.807, 2.05) is 6.07 Å². The molecule has 0 heterocycles. The van der Waals surface area contributed by atoms with E-state index in [1.54, 1.807) is 20.8 Å². The lowest BCUT2D eigenvalue weighted by atomic mass is 9.97. The topological polar surface area (TPSA) is 119 Å². The molecular weight excluding hydrogens is 262 g/mol. The Kier molecular flexibility index (Phi) is 7.29. The lowest BCUT2D eigenvalue weighted by Gasteiger charge is -2.25.